The lowest BCUT2D eigenvalue weighted by Crippen LogP contribution is -2.34. The number of anilines is 1. The molecule has 0 aliphatic heterocycles. The third kappa shape index (κ3) is 4.51. The molecule has 0 bridgehead atoms. The first-order valence-corrected chi connectivity index (χ1v) is 7.64. The summed E-state index contributed by atoms with van der Waals surface area (Å²) in [6, 6.07) is 7.53. The Morgan fingerprint density at radius 3 is 2.61 bits per heavy atom. The Balaban J connectivity index is 1.97. The first-order chi connectivity index (χ1) is 10.9. The molecule has 2 amide bonds. The van der Waals surface area contributed by atoms with Crippen molar-refractivity contribution in [1.82, 2.24) is 5.32 Å². The van der Waals surface area contributed by atoms with Crippen LogP contribution in [0, 0.1) is 17.0 Å². The minimum Gasteiger partial charge on any atom is -0.343 e. The largest absolute Gasteiger partial charge is 0.343 e. The first-order valence-electron chi connectivity index (χ1n) is 6.45. The van der Waals surface area contributed by atoms with Crippen LogP contribution in [-0.2, 0) is 16.1 Å². The number of nitro benzene ring substituents is 1. The summed E-state index contributed by atoms with van der Waals surface area (Å²) in [7, 11) is 0. The molecular formula is C14H12ClN3O4S. The molecule has 2 rings (SSSR count). The molecule has 2 N–H and O–H groups in total. The summed E-state index contributed by atoms with van der Waals surface area (Å²) in [5.74, 6) is -1.73. The zero-order valence-electron chi connectivity index (χ0n) is 12.0. The Morgan fingerprint density at radius 1 is 1.26 bits per heavy atom. The van der Waals surface area contributed by atoms with Crippen molar-refractivity contribution in [1.29, 1.82) is 0 Å². The van der Waals surface area contributed by atoms with E-state index in [4.69, 9.17) is 11.6 Å². The van der Waals surface area contributed by atoms with E-state index in [0.29, 0.717) is 0 Å². The Hall–Kier alpha value is -2.45. The van der Waals surface area contributed by atoms with Crippen LogP contribution in [0.15, 0.2) is 30.3 Å². The lowest BCUT2D eigenvalue weighted by Gasteiger charge is -2.06. The van der Waals surface area contributed by atoms with E-state index in [1.54, 1.807) is 0 Å². The fourth-order valence-electron chi connectivity index (χ4n) is 1.75. The molecule has 1 aromatic carbocycles. The Bertz CT molecular complexity index is 775. The van der Waals surface area contributed by atoms with Gasteiger partial charge in [0.15, 0.2) is 0 Å². The van der Waals surface area contributed by atoms with Crippen molar-refractivity contribution in [3.8, 4) is 0 Å². The third-order valence-electron chi connectivity index (χ3n) is 2.83. The zero-order valence-corrected chi connectivity index (χ0v) is 13.5. The minimum atomic E-state index is -0.908. The van der Waals surface area contributed by atoms with Crippen molar-refractivity contribution in [2.24, 2.45) is 0 Å². The van der Waals surface area contributed by atoms with Crippen molar-refractivity contribution < 1.29 is 14.5 Å². The summed E-state index contributed by atoms with van der Waals surface area (Å²) in [5.41, 5.74) is -0.229. The highest BCUT2D eigenvalue weighted by Crippen LogP contribution is 2.27. The second-order valence-corrected chi connectivity index (χ2v) is 6.35. The Labute approximate surface area is 140 Å². The van der Waals surface area contributed by atoms with Gasteiger partial charge >= 0.3 is 11.8 Å². The van der Waals surface area contributed by atoms with Crippen molar-refractivity contribution in [2.45, 2.75) is 13.5 Å². The second-order valence-electron chi connectivity index (χ2n) is 4.57. The molecular weight excluding hydrogens is 342 g/mol. The number of rotatable bonds is 4. The summed E-state index contributed by atoms with van der Waals surface area (Å²) in [6.45, 7) is 2.18. The molecule has 1 aromatic heterocycles. The number of carbonyl (C=O) groups is 2. The lowest BCUT2D eigenvalue weighted by atomic mass is 10.2. The lowest BCUT2D eigenvalue weighted by molar-refractivity contribution is -0.384. The molecule has 2 aromatic rings. The average molecular weight is 354 g/mol. The van der Waals surface area contributed by atoms with E-state index in [1.807, 2.05) is 19.1 Å². The maximum absolute atomic E-state index is 11.8. The number of thiophene rings is 1. The number of amides is 2. The van der Waals surface area contributed by atoms with Crippen LogP contribution in [0.3, 0.4) is 0 Å². The molecule has 0 atom stereocenters. The molecule has 1 heterocycles. The van der Waals surface area contributed by atoms with Gasteiger partial charge in [0.25, 0.3) is 5.69 Å². The molecule has 23 heavy (non-hydrogen) atoms. The summed E-state index contributed by atoms with van der Waals surface area (Å²) in [5, 5.41) is 15.5. The van der Waals surface area contributed by atoms with E-state index in [9.17, 15) is 19.7 Å². The topological polar surface area (TPSA) is 101 Å². The SMILES string of the molecule is Cc1ccc(CNC(=O)C(=O)Nc2ccc(Cl)c([N+](=O)[O-])c2)s1. The van der Waals surface area contributed by atoms with Gasteiger partial charge in [-0.2, -0.15) is 0 Å². The van der Waals surface area contributed by atoms with E-state index in [0.717, 1.165) is 15.8 Å². The molecule has 0 spiro atoms. The minimum absolute atomic E-state index is 0.0504. The number of nitrogens with zero attached hydrogens (tertiary/aromatic N) is 1. The first kappa shape index (κ1) is 16.9. The molecule has 7 nitrogen and oxygen atoms in total. The van der Waals surface area contributed by atoms with Crippen LogP contribution in [0.5, 0.6) is 0 Å². The van der Waals surface area contributed by atoms with Crippen LogP contribution < -0.4 is 10.6 Å². The van der Waals surface area contributed by atoms with Gasteiger partial charge in [0, 0.05) is 21.5 Å². The molecule has 0 fully saturated rings. The van der Waals surface area contributed by atoms with Gasteiger partial charge in [0.2, 0.25) is 0 Å². The van der Waals surface area contributed by atoms with Gasteiger partial charge in [-0.1, -0.05) is 11.6 Å². The van der Waals surface area contributed by atoms with Gasteiger partial charge in [-0.3, -0.25) is 19.7 Å². The van der Waals surface area contributed by atoms with Gasteiger partial charge in [0.05, 0.1) is 11.5 Å². The monoisotopic (exact) mass is 353 g/mol. The standard InChI is InChI=1S/C14H12ClN3O4S/c1-8-2-4-10(23-8)7-16-13(19)14(20)17-9-3-5-11(15)12(6-9)18(21)22/h2-6H,7H2,1H3,(H,16,19)(H,17,20). The van der Waals surface area contributed by atoms with Crippen LogP contribution in [0.2, 0.25) is 5.02 Å². The highest BCUT2D eigenvalue weighted by Gasteiger charge is 2.17. The fraction of sp³-hybridized carbons (Fsp3) is 0.143. The Kier molecular flexibility index (Phi) is 5.30. The normalized spacial score (nSPS) is 10.2. The number of nitrogens with one attached hydrogen (secondary N) is 2. The van der Waals surface area contributed by atoms with Gasteiger partial charge < -0.3 is 10.6 Å². The van der Waals surface area contributed by atoms with E-state index in [-0.39, 0.29) is 22.9 Å². The summed E-state index contributed by atoms with van der Waals surface area (Å²) in [4.78, 5) is 35.7. The molecule has 0 aliphatic rings. The number of halogens is 1. The quantitative estimate of drug-likeness (QED) is 0.501. The van der Waals surface area contributed by atoms with Crippen LogP contribution in [0.25, 0.3) is 0 Å². The molecule has 0 saturated carbocycles. The molecule has 120 valence electrons. The van der Waals surface area contributed by atoms with Gasteiger partial charge in [-0.15, -0.1) is 11.3 Å². The van der Waals surface area contributed by atoms with Crippen molar-refractivity contribution >= 4 is 46.1 Å². The molecule has 0 aliphatic carbocycles. The molecule has 0 unspecified atom stereocenters. The maximum Gasteiger partial charge on any atom is 0.313 e. The highest BCUT2D eigenvalue weighted by atomic mass is 35.5. The fourth-order valence-corrected chi connectivity index (χ4v) is 2.76. The van der Waals surface area contributed by atoms with E-state index >= 15 is 0 Å². The van der Waals surface area contributed by atoms with Crippen LogP contribution in [0.4, 0.5) is 11.4 Å². The summed E-state index contributed by atoms with van der Waals surface area (Å²) < 4.78 is 0. The number of carbonyl (C=O) groups excluding carboxylic acids is 2. The maximum atomic E-state index is 11.8. The van der Waals surface area contributed by atoms with Crippen molar-refractivity contribution in [2.75, 3.05) is 5.32 Å². The summed E-state index contributed by atoms with van der Waals surface area (Å²) >= 11 is 7.19. The predicted octanol–water partition coefficient (Wildman–Crippen LogP) is 2.87. The van der Waals surface area contributed by atoms with Crippen molar-refractivity contribution in [3.05, 3.63) is 55.2 Å². The number of benzene rings is 1. The summed E-state index contributed by atoms with van der Waals surface area (Å²) in [6.07, 6.45) is 0. The van der Waals surface area contributed by atoms with Crippen LogP contribution >= 0.6 is 22.9 Å². The molecule has 9 heteroatoms. The number of hydrogen-bond donors (Lipinski definition) is 2. The molecule has 0 saturated heterocycles. The second kappa shape index (κ2) is 7.21. The highest BCUT2D eigenvalue weighted by molar-refractivity contribution is 7.11. The van der Waals surface area contributed by atoms with Crippen LogP contribution in [0.1, 0.15) is 9.75 Å². The van der Waals surface area contributed by atoms with Gasteiger partial charge in [-0.05, 0) is 31.2 Å². The van der Waals surface area contributed by atoms with Gasteiger partial charge in [-0.25, -0.2) is 0 Å². The number of nitro groups is 1. The van der Waals surface area contributed by atoms with Crippen molar-refractivity contribution in [3.63, 3.8) is 0 Å². The van der Waals surface area contributed by atoms with E-state index in [1.165, 1.54) is 23.5 Å². The number of aryl methyl sites for hydroxylation is 1. The zero-order chi connectivity index (χ0) is 17.0. The third-order valence-corrected chi connectivity index (χ3v) is 4.15. The smallest absolute Gasteiger partial charge is 0.313 e. The van der Waals surface area contributed by atoms with E-state index in [2.05, 4.69) is 10.6 Å². The predicted molar refractivity (Wildman–Crippen MR) is 87.6 cm³/mol. The van der Waals surface area contributed by atoms with Crippen LogP contribution in [-0.4, -0.2) is 16.7 Å². The average Bonchev–Trinajstić information content (AvgIpc) is 2.92. The van der Waals surface area contributed by atoms with Gasteiger partial charge in [0.1, 0.15) is 5.02 Å². The van der Waals surface area contributed by atoms with E-state index < -0.39 is 16.7 Å². The Morgan fingerprint density at radius 2 is 2.00 bits per heavy atom. The number of hydrogen-bond acceptors (Lipinski definition) is 5. The molecule has 0 radical (unpaired) electrons.